The third-order valence-corrected chi connectivity index (χ3v) is 4.61. The molecule has 0 aliphatic heterocycles. The van der Waals surface area contributed by atoms with Crippen LogP contribution in [0.1, 0.15) is 38.5 Å². The fourth-order valence-electron chi connectivity index (χ4n) is 3.36. The molecule has 106 valence electrons. The Labute approximate surface area is 117 Å². The minimum absolute atomic E-state index is 0.0504. The minimum atomic E-state index is -0.431. The molecule has 1 unspecified atom stereocenters. The summed E-state index contributed by atoms with van der Waals surface area (Å²) in [6, 6.07) is 6.08. The van der Waals surface area contributed by atoms with Gasteiger partial charge in [-0.15, -0.1) is 0 Å². The molecular formula is C15H17NO4. The second kappa shape index (κ2) is 4.89. The smallest absolute Gasteiger partial charge is 0.269 e. The Kier molecular flexibility index (Phi) is 3.20. The quantitative estimate of drug-likeness (QED) is 0.627. The number of benzene rings is 1. The molecule has 2 aliphatic carbocycles. The summed E-state index contributed by atoms with van der Waals surface area (Å²) >= 11 is 0. The van der Waals surface area contributed by atoms with Gasteiger partial charge >= 0.3 is 0 Å². The van der Waals surface area contributed by atoms with Crippen LogP contribution in [0, 0.1) is 15.5 Å². The van der Waals surface area contributed by atoms with E-state index < -0.39 is 4.92 Å². The van der Waals surface area contributed by atoms with E-state index in [-0.39, 0.29) is 17.2 Å². The van der Waals surface area contributed by atoms with E-state index in [2.05, 4.69) is 0 Å². The van der Waals surface area contributed by atoms with Crippen LogP contribution in [0.2, 0.25) is 0 Å². The zero-order valence-electron chi connectivity index (χ0n) is 11.2. The van der Waals surface area contributed by atoms with E-state index in [4.69, 9.17) is 4.74 Å². The molecule has 0 radical (unpaired) electrons. The highest BCUT2D eigenvalue weighted by Gasteiger charge is 2.56. The summed E-state index contributed by atoms with van der Waals surface area (Å²) in [4.78, 5) is 22.2. The maximum Gasteiger partial charge on any atom is 0.269 e. The van der Waals surface area contributed by atoms with Crippen molar-refractivity contribution in [1.82, 2.24) is 0 Å². The number of ether oxygens (including phenoxy) is 1. The molecule has 1 spiro atoms. The molecule has 2 aliphatic rings. The summed E-state index contributed by atoms with van der Waals surface area (Å²) in [7, 11) is 0. The van der Waals surface area contributed by atoms with Crippen LogP contribution in [0.5, 0.6) is 5.75 Å². The molecule has 0 N–H and O–H groups in total. The molecule has 2 fully saturated rings. The van der Waals surface area contributed by atoms with E-state index in [1.54, 1.807) is 12.1 Å². The molecular weight excluding hydrogens is 258 g/mol. The third kappa shape index (κ3) is 2.07. The summed E-state index contributed by atoms with van der Waals surface area (Å²) in [6.07, 6.45) is 5.62. The second-order valence-corrected chi connectivity index (χ2v) is 5.70. The number of carbonyl (C=O) groups is 1. The lowest BCUT2D eigenvalue weighted by Crippen LogP contribution is -2.57. The van der Waals surface area contributed by atoms with Gasteiger partial charge in [0, 0.05) is 18.6 Å². The lowest BCUT2D eigenvalue weighted by Gasteiger charge is -2.49. The van der Waals surface area contributed by atoms with Crippen LogP contribution in [0.4, 0.5) is 5.69 Å². The highest BCUT2D eigenvalue weighted by molar-refractivity contribution is 5.92. The van der Waals surface area contributed by atoms with Gasteiger partial charge in [0.2, 0.25) is 0 Å². The van der Waals surface area contributed by atoms with Crippen molar-refractivity contribution in [2.45, 2.75) is 44.6 Å². The Bertz CT molecular complexity index is 531. The van der Waals surface area contributed by atoms with E-state index in [0.717, 1.165) is 25.7 Å². The normalized spacial score (nSPS) is 24.2. The predicted molar refractivity (Wildman–Crippen MR) is 72.7 cm³/mol. The molecule has 5 nitrogen and oxygen atoms in total. The SMILES string of the molecule is O=C1CC(Oc2ccc([N+](=O)[O-])cc2)C12CCCCC2. The van der Waals surface area contributed by atoms with Gasteiger partial charge in [0.05, 0.1) is 10.3 Å². The highest BCUT2D eigenvalue weighted by atomic mass is 16.6. The maximum absolute atomic E-state index is 12.0. The molecule has 1 aromatic carbocycles. The highest BCUT2D eigenvalue weighted by Crippen LogP contribution is 2.50. The van der Waals surface area contributed by atoms with Gasteiger partial charge in [-0.2, -0.15) is 0 Å². The van der Waals surface area contributed by atoms with Crippen molar-refractivity contribution in [3.05, 3.63) is 34.4 Å². The maximum atomic E-state index is 12.0. The number of ketones is 1. The summed E-state index contributed by atoms with van der Waals surface area (Å²) < 4.78 is 5.91. The van der Waals surface area contributed by atoms with Gasteiger partial charge in [-0.25, -0.2) is 0 Å². The fraction of sp³-hybridized carbons (Fsp3) is 0.533. The van der Waals surface area contributed by atoms with Crippen LogP contribution >= 0.6 is 0 Å². The van der Waals surface area contributed by atoms with E-state index >= 15 is 0 Å². The average Bonchev–Trinajstić information content (AvgIpc) is 2.48. The number of Topliss-reactive ketones (excluding diaryl/α,β-unsaturated/α-hetero) is 1. The Balaban J connectivity index is 1.71. The summed E-state index contributed by atoms with van der Waals surface area (Å²) in [5, 5.41) is 10.6. The van der Waals surface area contributed by atoms with Gasteiger partial charge in [-0.1, -0.05) is 19.3 Å². The predicted octanol–water partition coefficient (Wildman–Crippen LogP) is 3.27. The van der Waals surface area contributed by atoms with Gasteiger partial charge in [0.1, 0.15) is 17.6 Å². The molecule has 1 atom stereocenters. The monoisotopic (exact) mass is 275 g/mol. The number of hydrogen-bond acceptors (Lipinski definition) is 4. The molecule has 0 bridgehead atoms. The first kappa shape index (κ1) is 13.1. The molecule has 20 heavy (non-hydrogen) atoms. The van der Waals surface area contributed by atoms with Gasteiger partial charge in [0.25, 0.3) is 5.69 Å². The molecule has 0 heterocycles. The van der Waals surface area contributed by atoms with Crippen molar-refractivity contribution >= 4 is 11.5 Å². The van der Waals surface area contributed by atoms with Crippen molar-refractivity contribution < 1.29 is 14.5 Å². The number of rotatable bonds is 3. The van der Waals surface area contributed by atoms with Gasteiger partial charge in [-0.05, 0) is 25.0 Å². The van der Waals surface area contributed by atoms with E-state index in [9.17, 15) is 14.9 Å². The lowest BCUT2D eigenvalue weighted by atomic mass is 9.57. The van der Waals surface area contributed by atoms with Crippen molar-refractivity contribution in [1.29, 1.82) is 0 Å². The van der Waals surface area contributed by atoms with Crippen molar-refractivity contribution in [3.63, 3.8) is 0 Å². The first-order chi connectivity index (χ1) is 9.62. The molecule has 0 aromatic heterocycles. The Morgan fingerprint density at radius 2 is 1.80 bits per heavy atom. The standard InChI is InChI=1S/C15H17NO4/c17-13-10-14(15(13)8-2-1-3-9-15)20-12-6-4-11(5-7-12)16(18)19/h4-7,14H,1-3,8-10H2. The summed E-state index contributed by atoms with van der Waals surface area (Å²) in [6.45, 7) is 0. The first-order valence-electron chi connectivity index (χ1n) is 7.06. The number of nitrogens with zero attached hydrogens (tertiary/aromatic N) is 1. The summed E-state index contributed by atoms with van der Waals surface area (Å²) in [5.74, 6) is 0.933. The molecule has 2 saturated carbocycles. The van der Waals surface area contributed by atoms with Gasteiger partial charge in [0.15, 0.2) is 0 Å². The number of nitro groups is 1. The topological polar surface area (TPSA) is 69.4 Å². The Morgan fingerprint density at radius 1 is 1.15 bits per heavy atom. The Hall–Kier alpha value is -1.91. The Morgan fingerprint density at radius 3 is 2.35 bits per heavy atom. The first-order valence-corrected chi connectivity index (χ1v) is 7.06. The zero-order valence-corrected chi connectivity index (χ0v) is 11.2. The van der Waals surface area contributed by atoms with Crippen molar-refractivity contribution in [2.24, 2.45) is 5.41 Å². The largest absolute Gasteiger partial charge is 0.489 e. The minimum Gasteiger partial charge on any atom is -0.489 e. The number of carbonyl (C=O) groups excluding carboxylic acids is 1. The van der Waals surface area contributed by atoms with E-state index in [1.165, 1.54) is 18.6 Å². The van der Waals surface area contributed by atoms with Gasteiger partial charge in [-0.3, -0.25) is 14.9 Å². The average molecular weight is 275 g/mol. The van der Waals surface area contributed by atoms with Crippen LogP contribution in [0.15, 0.2) is 24.3 Å². The van der Waals surface area contributed by atoms with Gasteiger partial charge < -0.3 is 4.74 Å². The van der Waals surface area contributed by atoms with Crippen LogP contribution in [-0.4, -0.2) is 16.8 Å². The summed E-state index contributed by atoms with van der Waals surface area (Å²) in [5.41, 5.74) is -0.227. The fourth-order valence-corrected chi connectivity index (χ4v) is 3.36. The van der Waals surface area contributed by atoms with Crippen LogP contribution < -0.4 is 4.74 Å². The molecule has 5 heteroatoms. The van der Waals surface area contributed by atoms with Crippen LogP contribution in [0.25, 0.3) is 0 Å². The number of hydrogen-bond donors (Lipinski definition) is 0. The number of non-ortho nitro benzene ring substituents is 1. The molecule has 3 rings (SSSR count). The number of nitro benzene ring substituents is 1. The lowest BCUT2D eigenvalue weighted by molar-refractivity contribution is -0.384. The molecule has 1 aromatic rings. The van der Waals surface area contributed by atoms with Crippen molar-refractivity contribution in [3.8, 4) is 5.75 Å². The van der Waals surface area contributed by atoms with E-state index in [0.29, 0.717) is 18.0 Å². The molecule has 0 amide bonds. The van der Waals surface area contributed by atoms with Crippen molar-refractivity contribution in [2.75, 3.05) is 0 Å². The molecule has 0 saturated heterocycles. The van der Waals surface area contributed by atoms with E-state index in [1.807, 2.05) is 0 Å². The second-order valence-electron chi connectivity index (χ2n) is 5.70. The zero-order chi connectivity index (χ0) is 14.2. The van der Waals surface area contributed by atoms with Crippen LogP contribution in [-0.2, 0) is 4.79 Å². The van der Waals surface area contributed by atoms with Crippen LogP contribution in [0.3, 0.4) is 0 Å². The third-order valence-electron chi connectivity index (χ3n) is 4.61.